The van der Waals surface area contributed by atoms with E-state index in [1.165, 1.54) is 0 Å². The Morgan fingerprint density at radius 2 is 1.77 bits per heavy atom. The van der Waals surface area contributed by atoms with E-state index < -0.39 is 18.0 Å². The van der Waals surface area contributed by atoms with E-state index in [9.17, 15) is 19.2 Å². The van der Waals surface area contributed by atoms with Gasteiger partial charge in [0, 0.05) is 32.6 Å². The number of ether oxygens (including phenoxy) is 2. The zero-order chi connectivity index (χ0) is 29.1. The molecule has 3 atom stereocenters. The molecule has 0 spiro atoms. The van der Waals surface area contributed by atoms with Gasteiger partial charge in [0.2, 0.25) is 17.7 Å². The summed E-state index contributed by atoms with van der Waals surface area (Å²) in [6.07, 6.45) is 0.512. The maximum atomic E-state index is 13.3. The van der Waals surface area contributed by atoms with Gasteiger partial charge in [-0.25, -0.2) is 0 Å². The molecule has 0 unspecified atom stereocenters. The first-order valence-electron chi connectivity index (χ1n) is 14.3. The fraction of sp³-hybridized carbons (Fsp3) is 0.655. The van der Waals surface area contributed by atoms with Gasteiger partial charge in [-0.2, -0.15) is 0 Å². The van der Waals surface area contributed by atoms with Crippen LogP contribution in [0.4, 0.5) is 0 Å². The summed E-state index contributed by atoms with van der Waals surface area (Å²) in [5, 5.41) is 11.6. The summed E-state index contributed by atoms with van der Waals surface area (Å²) in [4.78, 5) is 54.9. The highest BCUT2D eigenvalue weighted by molar-refractivity contribution is 5.99. The topological polar surface area (TPSA) is 138 Å². The third kappa shape index (κ3) is 9.78. The number of nitrogens with one attached hydrogen (secondary N) is 4. The summed E-state index contributed by atoms with van der Waals surface area (Å²) in [6, 6.07) is 4.80. The normalized spacial score (nSPS) is 23.6. The molecule has 4 amide bonds. The molecule has 2 heterocycles. The standard InChI is InChI=1S/C29H45N5O6/c1-19(2)17-23-29(38)33-24(20(3)4)18-40-25-8-6-5-7-21(25)27(36)32-22(9-10-26(35)31-23)28(37)30-11-12-34-13-15-39-16-14-34/h5-8,19-20,22-24H,9-18H2,1-4H3,(H,30,37)(H,31,35)(H,32,36)(H,33,38)/t22-,23+,24+/m0/s1. The van der Waals surface area contributed by atoms with E-state index in [0.29, 0.717) is 38.5 Å². The zero-order valence-corrected chi connectivity index (χ0v) is 24.2. The minimum Gasteiger partial charge on any atom is -0.491 e. The first kappa shape index (κ1) is 31.3. The van der Waals surface area contributed by atoms with Gasteiger partial charge < -0.3 is 30.7 Å². The van der Waals surface area contributed by atoms with Crippen molar-refractivity contribution in [1.29, 1.82) is 0 Å². The fourth-order valence-electron chi connectivity index (χ4n) is 4.68. The lowest BCUT2D eigenvalue weighted by molar-refractivity contribution is -0.130. The Hall–Kier alpha value is -3.18. The number of benzene rings is 1. The second kappa shape index (κ2) is 15.6. The molecule has 0 aromatic heterocycles. The minimum absolute atomic E-state index is 0.0323. The quantitative estimate of drug-likeness (QED) is 0.392. The van der Waals surface area contributed by atoms with Crippen LogP contribution in [0.1, 0.15) is 57.3 Å². The van der Waals surface area contributed by atoms with Gasteiger partial charge in [-0.3, -0.25) is 24.1 Å². The van der Waals surface area contributed by atoms with Crippen LogP contribution in [0.25, 0.3) is 0 Å². The van der Waals surface area contributed by atoms with Crippen molar-refractivity contribution in [3.8, 4) is 5.75 Å². The summed E-state index contributed by atoms with van der Waals surface area (Å²) >= 11 is 0. The van der Waals surface area contributed by atoms with Crippen molar-refractivity contribution in [2.45, 2.75) is 65.1 Å². The van der Waals surface area contributed by atoms with Gasteiger partial charge >= 0.3 is 0 Å². The van der Waals surface area contributed by atoms with E-state index in [-0.39, 0.29) is 60.6 Å². The summed E-state index contributed by atoms with van der Waals surface area (Å²) in [5.74, 6) is -0.901. The van der Waals surface area contributed by atoms with Crippen LogP contribution in [0.3, 0.4) is 0 Å². The fourth-order valence-corrected chi connectivity index (χ4v) is 4.68. The van der Waals surface area contributed by atoms with Gasteiger partial charge in [-0.1, -0.05) is 39.8 Å². The van der Waals surface area contributed by atoms with Crippen LogP contribution in [0.15, 0.2) is 24.3 Å². The van der Waals surface area contributed by atoms with E-state index in [0.717, 1.165) is 13.1 Å². The van der Waals surface area contributed by atoms with Crippen LogP contribution in [0.5, 0.6) is 5.75 Å². The number of hydrogen-bond acceptors (Lipinski definition) is 7. The van der Waals surface area contributed by atoms with Crippen LogP contribution in [-0.2, 0) is 19.1 Å². The Morgan fingerprint density at radius 3 is 2.48 bits per heavy atom. The van der Waals surface area contributed by atoms with Gasteiger partial charge in [-0.05, 0) is 36.8 Å². The molecule has 4 N–H and O–H groups in total. The highest BCUT2D eigenvalue weighted by Gasteiger charge is 2.29. The van der Waals surface area contributed by atoms with Crippen molar-refractivity contribution in [2.75, 3.05) is 46.0 Å². The molecule has 0 saturated carbocycles. The van der Waals surface area contributed by atoms with Gasteiger partial charge in [-0.15, -0.1) is 0 Å². The largest absolute Gasteiger partial charge is 0.491 e. The molecule has 3 rings (SSSR count). The van der Waals surface area contributed by atoms with Crippen LogP contribution < -0.4 is 26.0 Å². The SMILES string of the molecule is CC(C)C[C@H]1NC(=O)CC[C@@H](C(=O)NCCN2CCOCC2)NC(=O)c2ccccc2OC[C@H](C(C)C)NC1=O. The van der Waals surface area contributed by atoms with E-state index in [4.69, 9.17) is 9.47 Å². The van der Waals surface area contributed by atoms with E-state index >= 15 is 0 Å². The lowest BCUT2D eigenvalue weighted by Crippen LogP contribution is -2.53. The third-order valence-corrected chi connectivity index (χ3v) is 7.15. The summed E-state index contributed by atoms with van der Waals surface area (Å²) in [5.41, 5.74) is 0.277. The van der Waals surface area contributed by atoms with Gasteiger partial charge in [0.05, 0.1) is 24.8 Å². The number of para-hydroxylation sites is 1. The third-order valence-electron chi connectivity index (χ3n) is 7.15. The second-order valence-electron chi connectivity index (χ2n) is 11.2. The maximum absolute atomic E-state index is 13.3. The predicted molar refractivity (Wildman–Crippen MR) is 151 cm³/mol. The molecular formula is C29H45N5O6. The molecule has 1 aromatic carbocycles. The number of morpholine rings is 1. The molecule has 222 valence electrons. The van der Waals surface area contributed by atoms with Crippen LogP contribution in [0.2, 0.25) is 0 Å². The average molecular weight is 560 g/mol. The number of nitrogens with zero attached hydrogens (tertiary/aromatic N) is 1. The molecule has 11 heteroatoms. The monoisotopic (exact) mass is 559 g/mol. The van der Waals surface area contributed by atoms with E-state index in [1.807, 2.05) is 27.7 Å². The number of amides is 4. The highest BCUT2D eigenvalue weighted by atomic mass is 16.5. The highest BCUT2D eigenvalue weighted by Crippen LogP contribution is 2.20. The van der Waals surface area contributed by atoms with E-state index in [2.05, 4.69) is 26.2 Å². The molecule has 1 aromatic rings. The zero-order valence-electron chi connectivity index (χ0n) is 24.2. The first-order valence-corrected chi connectivity index (χ1v) is 14.3. The van der Waals surface area contributed by atoms with Crippen LogP contribution in [-0.4, -0.2) is 92.7 Å². The molecular weight excluding hydrogens is 514 g/mol. The minimum atomic E-state index is -0.943. The molecule has 2 aliphatic rings. The Kier molecular flexibility index (Phi) is 12.2. The van der Waals surface area contributed by atoms with Gasteiger partial charge in [0.25, 0.3) is 5.91 Å². The molecule has 1 fully saturated rings. The number of fused-ring (bicyclic) bond motifs is 1. The van der Waals surface area contributed by atoms with Crippen molar-refractivity contribution in [3.63, 3.8) is 0 Å². The van der Waals surface area contributed by atoms with Gasteiger partial charge in [0.15, 0.2) is 0 Å². The molecule has 0 radical (unpaired) electrons. The number of rotatable bonds is 7. The first-order chi connectivity index (χ1) is 19.1. The number of hydrogen-bond donors (Lipinski definition) is 4. The number of carbonyl (C=O) groups is 4. The van der Waals surface area contributed by atoms with Crippen molar-refractivity contribution in [2.24, 2.45) is 11.8 Å². The summed E-state index contributed by atoms with van der Waals surface area (Å²) in [7, 11) is 0. The molecule has 0 aliphatic carbocycles. The Balaban J connectivity index is 1.81. The predicted octanol–water partition coefficient (Wildman–Crippen LogP) is 1.08. The Labute approximate surface area is 237 Å². The van der Waals surface area contributed by atoms with Crippen molar-refractivity contribution >= 4 is 23.6 Å². The summed E-state index contributed by atoms with van der Waals surface area (Å²) < 4.78 is 11.4. The van der Waals surface area contributed by atoms with Gasteiger partial charge in [0.1, 0.15) is 24.4 Å². The van der Waals surface area contributed by atoms with Crippen molar-refractivity contribution < 1.29 is 28.7 Å². The molecule has 0 bridgehead atoms. The van der Waals surface area contributed by atoms with Crippen LogP contribution in [0, 0.1) is 11.8 Å². The summed E-state index contributed by atoms with van der Waals surface area (Å²) in [6.45, 7) is 12.1. The average Bonchev–Trinajstić information content (AvgIpc) is 2.92. The Bertz CT molecular complexity index is 1010. The smallest absolute Gasteiger partial charge is 0.255 e. The second-order valence-corrected chi connectivity index (χ2v) is 11.2. The molecule has 40 heavy (non-hydrogen) atoms. The number of carbonyl (C=O) groups excluding carboxylic acids is 4. The maximum Gasteiger partial charge on any atom is 0.255 e. The van der Waals surface area contributed by atoms with Crippen molar-refractivity contribution in [3.05, 3.63) is 29.8 Å². The van der Waals surface area contributed by atoms with Crippen LogP contribution >= 0.6 is 0 Å². The molecule has 2 aliphatic heterocycles. The van der Waals surface area contributed by atoms with Crippen molar-refractivity contribution in [1.82, 2.24) is 26.2 Å². The molecule has 11 nitrogen and oxygen atoms in total. The lowest BCUT2D eigenvalue weighted by Gasteiger charge is -2.27. The lowest BCUT2D eigenvalue weighted by atomic mass is 10.0. The Morgan fingerprint density at radius 1 is 1.05 bits per heavy atom. The molecule has 1 saturated heterocycles. The van der Waals surface area contributed by atoms with E-state index in [1.54, 1.807) is 24.3 Å².